The van der Waals surface area contributed by atoms with Crippen molar-refractivity contribution < 1.29 is 9.63 Å². The molecule has 0 spiro atoms. The minimum atomic E-state index is -0.750. The molecular weight excluding hydrogens is 142 g/mol. The molecule has 0 aliphatic rings. The van der Waals surface area contributed by atoms with Crippen molar-refractivity contribution >= 4 is 0 Å². The fraction of sp³-hybridized carbons (Fsp3) is 0.625. The Morgan fingerprint density at radius 2 is 2.18 bits per heavy atom. The Balaban J connectivity index is 2.87. The van der Waals surface area contributed by atoms with E-state index in [0.29, 0.717) is 12.8 Å². The minimum Gasteiger partial charge on any atom is -0.385 e. The number of hydrogen-bond acceptors (Lipinski definition) is 3. The van der Waals surface area contributed by atoms with E-state index in [1.807, 2.05) is 13.8 Å². The van der Waals surface area contributed by atoms with Crippen LogP contribution in [-0.2, 0) is 5.60 Å². The lowest BCUT2D eigenvalue weighted by Gasteiger charge is -2.22. The largest absolute Gasteiger partial charge is 0.385 e. The SMILES string of the molecule is CCC(O)(CC)c1cnoc1. The van der Waals surface area contributed by atoms with Gasteiger partial charge in [0.1, 0.15) is 6.26 Å². The van der Waals surface area contributed by atoms with Crippen LogP contribution in [0.4, 0.5) is 0 Å². The number of nitrogens with zero attached hydrogens (tertiary/aromatic N) is 1. The summed E-state index contributed by atoms with van der Waals surface area (Å²) < 4.78 is 4.65. The molecule has 1 aromatic heterocycles. The quantitative estimate of drug-likeness (QED) is 0.722. The van der Waals surface area contributed by atoms with Crippen molar-refractivity contribution in [2.24, 2.45) is 0 Å². The molecule has 3 heteroatoms. The van der Waals surface area contributed by atoms with Crippen LogP contribution >= 0.6 is 0 Å². The van der Waals surface area contributed by atoms with Gasteiger partial charge in [-0.15, -0.1) is 0 Å². The fourth-order valence-electron chi connectivity index (χ4n) is 1.09. The Morgan fingerprint density at radius 3 is 2.55 bits per heavy atom. The molecule has 0 atom stereocenters. The Morgan fingerprint density at radius 1 is 1.55 bits per heavy atom. The first-order valence-corrected chi connectivity index (χ1v) is 3.85. The van der Waals surface area contributed by atoms with Crippen LogP contribution in [0, 0.1) is 0 Å². The van der Waals surface area contributed by atoms with E-state index in [2.05, 4.69) is 9.68 Å². The topological polar surface area (TPSA) is 46.3 Å². The summed E-state index contributed by atoms with van der Waals surface area (Å²) in [6.45, 7) is 3.88. The molecule has 1 N–H and O–H groups in total. The third-order valence-corrected chi connectivity index (χ3v) is 2.14. The molecule has 0 bridgehead atoms. The Bertz CT molecular complexity index is 202. The molecule has 11 heavy (non-hydrogen) atoms. The normalized spacial score (nSPS) is 11.9. The number of aromatic nitrogens is 1. The second-order valence-electron chi connectivity index (χ2n) is 2.65. The maximum atomic E-state index is 9.89. The number of hydrogen-bond donors (Lipinski definition) is 1. The van der Waals surface area contributed by atoms with Gasteiger partial charge in [0, 0.05) is 5.56 Å². The molecule has 1 rings (SSSR count). The van der Waals surface area contributed by atoms with E-state index in [1.54, 1.807) is 6.20 Å². The maximum Gasteiger partial charge on any atom is 0.129 e. The minimum absolute atomic E-state index is 0.685. The molecule has 1 heterocycles. The summed E-state index contributed by atoms with van der Waals surface area (Å²) in [5, 5.41) is 13.4. The second-order valence-corrected chi connectivity index (χ2v) is 2.65. The Kier molecular flexibility index (Phi) is 2.29. The molecular formula is C8H13NO2. The Hall–Kier alpha value is -0.830. The lowest BCUT2D eigenvalue weighted by molar-refractivity contribution is 0.0278. The first kappa shape index (κ1) is 8.27. The van der Waals surface area contributed by atoms with Gasteiger partial charge in [-0.3, -0.25) is 0 Å². The molecule has 62 valence electrons. The molecule has 1 aromatic rings. The van der Waals surface area contributed by atoms with Gasteiger partial charge in [-0.25, -0.2) is 0 Å². The molecule has 0 aliphatic heterocycles. The zero-order valence-corrected chi connectivity index (χ0v) is 6.87. The van der Waals surface area contributed by atoms with Crippen LogP contribution in [0.2, 0.25) is 0 Å². The van der Waals surface area contributed by atoms with Crippen molar-refractivity contribution in [3.05, 3.63) is 18.0 Å². The summed E-state index contributed by atoms with van der Waals surface area (Å²) in [5.74, 6) is 0. The third-order valence-electron chi connectivity index (χ3n) is 2.14. The summed E-state index contributed by atoms with van der Waals surface area (Å²) in [6, 6.07) is 0. The highest BCUT2D eigenvalue weighted by molar-refractivity contribution is 5.11. The second kappa shape index (κ2) is 3.05. The highest BCUT2D eigenvalue weighted by Gasteiger charge is 2.26. The monoisotopic (exact) mass is 155 g/mol. The summed E-state index contributed by atoms with van der Waals surface area (Å²) in [4.78, 5) is 0. The van der Waals surface area contributed by atoms with E-state index in [9.17, 15) is 5.11 Å². The van der Waals surface area contributed by atoms with E-state index in [4.69, 9.17) is 0 Å². The van der Waals surface area contributed by atoms with Crippen molar-refractivity contribution in [1.82, 2.24) is 5.16 Å². The average Bonchev–Trinajstić information content (AvgIpc) is 2.55. The third kappa shape index (κ3) is 1.43. The van der Waals surface area contributed by atoms with Gasteiger partial charge in [-0.2, -0.15) is 0 Å². The smallest absolute Gasteiger partial charge is 0.129 e. The first-order chi connectivity index (χ1) is 5.23. The van der Waals surface area contributed by atoms with Crippen LogP contribution in [0.3, 0.4) is 0 Å². The summed E-state index contributed by atoms with van der Waals surface area (Å²) in [5.41, 5.74) is 0.0162. The summed E-state index contributed by atoms with van der Waals surface area (Å²) in [7, 11) is 0. The molecule has 0 saturated heterocycles. The standard InChI is InChI=1S/C8H13NO2/c1-3-8(10,4-2)7-5-9-11-6-7/h5-6,10H,3-4H2,1-2H3. The zero-order valence-electron chi connectivity index (χ0n) is 6.87. The van der Waals surface area contributed by atoms with E-state index < -0.39 is 5.60 Å². The van der Waals surface area contributed by atoms with Crippen molar-refractivity contribution in [1.29, 1.82) is 0 Å². The van der Waals surface area contributed by atoms with Crippen molar-refractivity contribution in [3.8, 4) is 0 Å². The van der Waals surface area contributed by atoms with Crippen LogP contribution in [0.5, 0.6) is 0 Å². The summed E-state index contributed by atoms with van der Waals surface area (Å²) in [6.07, 6.45) is 4.43. The van der Waals surface area contributed by atoms with Gasteiger partial charge in [0.05, 0.1) is 11.8 Å². The van der Waals surface area contributed by atoms with Crippen LogP contribution < -0.4 is 0 Å². The van der Waals surface area contributed by atoms with E-state index in [1.165, 1.54) is 6.26 Å². The fourth-order valence-corrected chi connectivity index (χ4v) is 1.09. The first-order valence-electron chi connectivity index (χ1n) is 3.85. The molecule has 0 aliphatic carbocycles. The van der Waals surface area contributed by atoms with E-state index >= 15 is 0 Å². The van der Waals surface area contributed by atoms with Gasteiger partial charge in [0.15, 0.2) is 0 Å². The van der Waals surface area contributed by atoms with Crippen molar-refractivity contribution in [2.75, 3.05) is 0 Å². The van der Waals surface area contributed by atoms with Gasteiger partial charge in [0.2, 0.25) is 0 Å². The predicted molar refractivity (Wildman–Crippen MR) is 41.0 cm³/mol. The van der Waals surface area contributed by atoms with Crippen LogP contribution in [0.1, 0.15) is 32.3 Å². The van der Waals surface area contributed by atoms with Crippen LogP contribution in [-0.4, -0.2) is 10.3 Å². The molecule has 3 nitrogen and oxygen atoms in total. The van der Waals surface area contributed by atoms with Gasteiger partial charge in [0.25, 0.3) is 0 Å². The van der Waals surface area contributed by atoms with E-state index in [-0.39, 0.29) is 0 Å². The average molecular weight is 155 g/mol. The highest BCUT2D eigenvalue weighted by Crippen LogP contribution is 2.27. The molecule has 0 aromatic carbocycles. The lowest BCUT2D eigenvalue weighted by atomic mass is 9.91. The molecule has 0 amide bonds. The Labute approximate surface area is 66.0 Å². The summed E-state index contributed by atoms with van der Waals surface area (Å²) >= 11 is 0. The lowest BCUT2D eigenvalue weighted by Crippen LogP contribution is -2.22. The van der Waals surface area contributed by atoms with Gasteiger partial charge in [-0.05, 0) is 12.8 Å². The predicted octanol–water partition coefficient (Wildman–Crippen LogP) is 1.68. The molecule has 0 radical (unpaired) electrons. The molecule has 0 unspecified atom stereocenters. The van der Waals surface area contributed by atoms with Crippen molar-refractivity contribution in [3.63, 3.8) is 0 Å². The number of rotatable bonds is 3. The van der Waals surface area contributed by atoms with Crippen molar-refractivity contribution in [2.45, 2.75) is 32.3 Å². The molecule has 0 fully saturated rings. The number of aliphatic hydroxyl groups is 1. The van der Waals surface area contributed by atoms with Crippen LogP contribution in [0.15, 0.2) is 17.0 Å². The van der Waals surface area contributed by atoms with Gasteiger partial charge < -0.3 is 9.63 Å². The highest BCUT2D eigenvalue weighted by atomic mass is 16.5. The van der Waals surface area contributed by atoms with Gasteiger partial charge in [-0.1, -0.05) is 19.0 Å². The maximum absolute atomic E-state index is 9.89. The zero-order chi connectivity index (χ0) is 8.32. The van der Waals surface area contributed by atoms with Gasteiger partial charge >= 0.3 is 0 Å². The van der Waals surface area contributed by atoms with E-state index in [0.717, 1.165) is 5.56 Å². The molecule has 0 saturated carbocycles. The van der Waals surface area contributed by atoms with Crippen LogP contribution in [0.25, 0.3) is 0 Å².